The van der Waals surface area contributed by atoms with Gasteiger partial charge in [0, 0.05) is 12.4 Å². The third-order valence-corrected chi connectivity index (χ3v) is 4.62. The first kappa shape index (κ1) is 15.1. The molecule has 0 bridgehead atoms. The Morgan fingerprint density at radius 1 is 1.29 bits per heavy atom. The number of nitrogens with zero attached hydrogens (tertiary/aromatic N) is 1. The highest BCUT2D eigenvalue weighted by Gasteiger charge is 2.21. The van der Waals surface area contributed by atoms with Crippen LogP contribution in [0, 0.1) is 5.82 Å². The van der Waals surface area contributed by atoms with Gasteiger partial charge in [-0.3, -0.25) is 4.98 Å². The fraction of sp³-hybridized carbons (Fsp3) is 0.143. The molecule has 1 aromatic heterocycles. The molecule has 0 atom stereocenters. The maximum atomic E-state index is 13.7. The average Bonchev–Trinajstić information content (AvgIpc) is 2.46. The molecule has 2 rings (SSSR count). The average molecular weight is 309 g/mol. The lowest BCUT2D eigenvalue weighted by molar-refractivity contribution is 0.0696. The Kier molecular flexibility index (Phi) is 4.32. The number of rotatable bonds is 5. The van der Waals surface area contributed by atoms with E-state index in [4.69, 9.17) is 5.11 Å². The fourth-order valence-corrected chi connectivity index (χ4v) is 3.18. The van der Waals surface area contributed by atoms with Gasteiger partial charge in [-0.15, -0.1) is 0 Å². The van der Waals surface area contributed by atoms with Crippen molar-refractivity contribution in [3.63, 3.8) is 0 Å². The van der Waals surface area contributed by atoms with E-state index in [1.54, 1.807) is 18.3 Å². The summed E-state index contributed by atoms with van der Waals surface area (Å²) in [5, 5.41) is 8.85. The van der Waals surface area contributed by atoms with E-state index in [1.807, 2.05) is 0 Å². The predicted octanol–water partition coefficient (Wildman–Crippen LogP) is 1.94. The Hall–Kier alpha value is -2.28. The summed E-state index contributed by atoms with van der Waals surface area (Å²) in [5.74, 6) is -2.58. The topological polar surface area (TPSA) is 84.3 Å². The van der Waals surface area contributed by atoms with Crippen molar-refractivity contribution < 1.29 is 22.7 Å². The van der Waals surface area contributed by atoms with E-state index in [-0.39, 0.29) is 17.7 Å². The highest BCUT2D eigenvalue weighted by atomic mass is 32.2. The zero-order valence-electron chi connectivity index (χ0n) is 10.9. The lowest BCUT2D eigenvalue weighted by Crippen LogP contribution is -2.12. The molecule has 0 unspecified atom stereocenters. The van der Waals surface area contributed by atoms with Crippen LogP contribution in [0.3, 0.4) is 0 Å². The number of aromatic carboxylic acids is 1. The van der Waals surface area contributed by atoms with E-state index < -0.39 is 26.5 Å². The highest BCUT2D eigenvalue weighted by Crippen LogP contribution is 2.19. The molecule has 0 amide bonds. The van der Waals surface area contributed by atoms with Crippen LogP contribution in [0.2, 0.25) is 0 Å². The summed E-state index contributed by atoms with van der Waals surface area (Å²) in [6.45, 7) is 0. The van der Waals surface area contributed by atoms with Crippen LogP contribution in [0.15, 0.2) is 47.6 Å². The molecule has 0 aliphatic rings. The molecule has 5 nitrogen and oxygen atoms in total. The maximum Gasteiger partial charge on any atom is 0.335 e. The van der Waals surface area contributed by atoms with Crippen LogP contribution < -0.4 is 0 Å². The lowest BCUT2D eigenvalue weighted by atomic mass is 10.2. The Labute approximate surface area is 121 Å². The summed E-state index contributed by atoms with van der Waals surface area (Å²) in [4.78, 5) is 14.1. The highest BCUT2D eigenvalue weighted by molar-refractivity contribution is 7.91. The monoisotopic (exact) mass is 309 g/mol. The van der Waals surface area contributed by atoms with E-state index in [9.17, 15) is 17.6 Å². The number of benzene rings is 1. The van der Waals surface area contributed by atoms with Crippen LogP contribution in [-0.2, 0) is 16.3 Å². The summed E-state index contributed by atoms with van der Waals surface area (Å²) in [6.07, 6.45) is 3.26. The van der Waals surface area contributed by atoms with Crippen molar-refractivity contribution in [3.05, 3.63) is 59.7 Å². The van der Waals surface area contributed by atoms with Crippen LogP contribution in [0.1, 0.15) is 15.9 Å². The van der Waals surface area contributed by atoms with Crippen LogP contribution in [0.5, 0.6) is 0 Å². The molecule has 7 heteroatoms. The summed E-state index contributed by atoms with van der Waals surface area (Å²) in [7, 11) is -3.91. The van der Waals surface area contributed by atoms with Crippen LogP contribution >= 0.6 is 0 Å². The van der Waals surface area contributed by atoms with E-state index in [0.29, 0.717) is 5.56 Å². The smallest absolute Gasteiger partial charge is 0.335 e. The minimum Gasteiger partial charge on any atom is -0.478 e. The fourth-order valence-electron chi connectivity index (χ4n) is 1.78. The van der Waals surface area contributed by atoms with Crippen LogP contribution in [-0.4, -0.2) is 30.2 Å². The number of carboxylic acids is 1. The third-order valence-electron chi connectivity index (χ3n) is 2.90. The Bertz CT molecular complexity index is 760. The standard InChI is InChI=1S/C14H12FNO4S/c15-12-4-3-11(14(17)18)8-13(12)21(19,20)7-5-10-2-1-6-16-9-10/h1-4,6,8-9H,5,7H2,(H,17,18). The summed E-state index contributed by atoms with van der Waals surface area (Å²) in [6, 6.07) is 6.11. The van der Waals surface area contributed by atoms with Gasteiger partial charge in [-0.05, 0) is 36.2 Å². The van der Waals surface area contributed by atoms with Gasteiger partial charge in [0.2, 0.25) is 0 Å². The lowest BCUT2D eigenvalue weighted by Gasteiger charge is -2.07. The number of sulfone groups is 1. The second-order valence-corrected chi connectivity index (χ2v) is 6.46. The Morgan fingerprint density at radius 2 is 2.05 bits per heavy atom. The third kappa shape index (κ3) is 3.63. The van der Waals surface area contributed by atoms with Crippen molar-refractivity contribution in [2.24, 2.45) is 0 Å². The van der Waals surface area contributed by atoms with E-state index in [0.717, 1.165) is 18.2 Å². The molecule has 0 aliphatic heterocycles. The van der Waals surface area contributed by atoms with Crippen molar-refractivity contribution in [2.45, 2.75) is 11.3 Å². The molecule has 110 valence electrons. The summed E-state index contributed by atoms with van der Waals surface area (Å²) in [5.41, 5.74) is 0.437. The molecule has 0 radical (unpaired) electrons. The zero-order valence-corrected chi connectivity index (χ0v) is 11.7. The van der Waals surface area contributed by atoms with Gasteiger partial charge in [-0.2, -0.15) is 0 Å². The number of aryl methyl sites for hydroxylation is 1. The van der Waals surface area contributed by atoms with Crippen LogP contribution in [0.25, 0.3) is 0 Å². The molecule has 0 aliphatic carbocycles. The van der Waals surface area contributed by atoms with Gasteiger partial charge in [0.25, 0.3) is 0 Å². The van der Waals surface area contributed by atoms with Gasteiger partial charge in [0.05, 0.1) is 11.3 Å². The largest absolute Gasteiger partial charge is 0.478 e. The molecule has 0 saturated heterocycles. The first-order valence-electron chi connectivity index (χ1n) is 6.04. The molecule has 0 spiro atoms. The van der Waals surface area contributed by atoms with E-state index >= 15 is 0 Å². The van der Waals surface area contributed by atoms with Crippen molar-refractivity contribution >= 4 is 15.8 Å². The number of halogens is 1. The second kappa shape index (κ2) is 6.01. The first-order valence-corrected chi connectivity index (χ1v) is 7.70. The van der Waals surface area contributed by atoms with Gasteiger partial charge >= 0.3 is 5.97 Å². The number of pyridine rings is 1. The number of carbonyl (C=O) groups is 1. The van der Waals surface area contributed by atoms with Gasteiger partial charge in [-0.1, -0.05) is 6.07 Å². The summed E-state index contributed by atoms with van der Waals surface area (Å²) >= 11 is 0. The second-order valence-electron chi connectivity index (χ2n) is 4.38. The molecule has 1 aromatic carbocycles. The minimum absolute atomic E-state index is 0.174. The minimum atomic E-state index is -3.91. The molecule has 0 fully saturated rings. The normalized spacial score (nSPS) is 11.3. The molecular formula is C14H12FNO4S. The van der Waals surface area contributed by atoms with Crippen LogP contribution in [0.4, 0.5) is 4.39 Å². The van der Waals surface area contributed by atoms with Gasteiger partial charge in [-0.25, -0.2) is 17.6 Å². The van der Waals surface area contributed by atoms with E-state index in [2.05, 4.69) is 4.98 Å². The Balaban J connectivity index is 2.27. The van der Waals surface area contributed by atoms with Crippen molar-refractivity contribution in [2.75, 3.05) is 5.75 Å². The van der Waals surface area contributed by atoms with E-state index in [1.165, 1.54) is 6.20 Å². The summed E-state index contributed by atoms with van der Waals surface area (Å²) < 4.78 is 38.0. The van der Waals surface area contributed by atoms with Crippen molar-refractivity contribution in [1.29, 1.82) is 0 Å². The number of carboxylic acid groups (broad SMARTS) is 1. The molecule has 1 heterocycles. The van der Waals surface area contributed by atoms with Gasteiger partial charge in [0.15, 0.2) is 9.84 Å². The number of hydrogen-bond donors (Lipinski definition) is 1. The predicted molar refractivity (Wildman–Crippen MR) is 73.4 cm³/mol. The number of hydrogen-bond acceptors (Lipinski definition) is 4. The molecule has 1 N–H and O–H groups in total. The quantitative estimate of drug-likeness (QED) is 0.912. The SMILES string of the molecule is O=C(O)c1ccc(F)c(S(=O)(=O)CCc2cccnc2)c1. The van der Waals surface area contributed by atoms with Crippen molar-refractivity contribution in [3.8, 4) is 0 Å². The first-order chi connectivity index (χ1) is 9.90. The number of aromatic nitrogens is 1. The maximum absolute atomic E-state index is 13.7. The van der Waals surface area contributed by atoms with Gasteiger partial charge in [0.1, 0.15) is 10.7 Å². The zero-order chi connectivity index (χ0) is 15.5. The molecule has 2 aromatic rings. The molecule has 0 saturated carbocycles. The van der Waals surface area contributed by atoms with Crippen molar-refractivity contribution in [1.82, 2.24) is 4.98 Å². The van der Waals surface area contributed by atoms with Gasteiger partial charge < -0.3 is 5.11 Å². The molecule has 21 heavy (non-hydrogen) atoms. The Morgan fingerprint density at radius 3 is 2.67 bits per heavy atom. The molecular weight excluding hydrogens is 297 g/mol.